The maximum Gasteiger partial charge on any atom is 0.421 e. The molecule has 208 valence electrons. The van der Waals surface area contributed by atoms with E-state index in [0.717, 1.165) is 24.1 Å². The van der Waals surface area contributed by atoms with Gasteiger partial charge in [-0.2, -0.15) is 13.2 Å². The van der Waals surface area contributed by atoms with Gasteiger partial charge in [-0.25, -0.2) is 22.9 Å². The topological polar surface area (TPSA) is 126 Å². The molecule has 0 aliphatic carbocycles. The number of hydrogen-bond donors (Lipinski definition) is 2. The third-order valence-corrected chi connectivity index (χ3v) is 6.13. The van der Waals surface area contributed by atoms with E-state index in [-0.39, 0.29) is 22.6 Å². The van der Waals surface area contributed by atoms with Crippen molar-refractivity contribution in [2.45, 2.75) is 39.5 Å². The van der Waals surface area contributed by atoms with Crippen LogP contribution in [0.1, 0.15) is 51.3 Å². The number of aryl methyl sites for hydroxylation is 1. The second-order valence-electron chi connectivity index (χ2n) is 9.01. The highest BCUT2D eigenvalue weighted by Crippen LogP contribution is 2.38. The first kappa shape index (κ1) is 29.6. The minimum atomic E-state index is -4.91. The molecular formula is C26H26F3N3O6S. The molecule has 0 radical (unpaired) electrons. The number of alkyl halides is 3. The highest BCUT2D eigenvalue weighted by Gasteiger charge is 2.36. The fourth-order valence-corrected chi connectivity index (χ4v) is 4.05. The van der Waals surface area contributed by atoms with Gasteiger partial charge in [0, 0.05) is 24.3 Å². The molecule has 0 bridgehead atoms. The van der Waals surface area contributed by atoms with Crippen LogP contribution in [0.25, 0.3) is 0 Å². The summed E-state index contributed by atoms with van der Waals surface area (Å²) in [5, 5.41) is 9.88. The number of carbonyl (C=O) groups is 2. The first-order valence-electron chi connectivity index (χ1n) is 11.5. The molecular weight excluding hydrogens is 539 g/mol. The molecule has 0 spiro atoms. The minimum Gasteiger partial charge on any atom is -0.478 e. The molecule has 0 unspecified atom stereocenters. The number of aromatic nitrogens is 1. The Morgan fingerprint density at radius 2 is 1.74 bits per heavy atom. The van der Waals surface area contributed by atoms with E-state index in [9.17, 15) is 36.3 Å². The van der Waals surface area contributed by atoms with Gasteiger partial charge in [0.15, 0.2) is 0 Å². The third kappa shape index (κ3) is 7.54. The van der Waals surface area contributed by atoms with Gasteiger partial charge in [0.05, 0.1) is 17.5 Å². The van der Waals surface area contributed by atoms with E-state index < -0.39 is 52.1 Å². The lowest BCUT2D eigenvalue weighted by molar-refractivity contribution is -0.138. The SMILES string of the molecule is Cc1ccc(C(=O)N(c2ccc(Oc3ncc(CNS(C)(=O)=O)cc3C(F)(F)F)cc2C(=O)O)C(C)C)cc1. The Hall–Kier alpha value is -3.97. The zero-order chi connectivity index (χ0) is 29.1. The molecule has 3 aromatic rings. The highest BCUT2D eigenvalue weighted by atomic mass is 32.2. The van der Waals surface area contributed by atoms with E-state index in [4.69, 9.17) is 4.74 Å². The average Bonchev–Trinajstić information content (AvgIpc) is 2.83. The number of sulfonamides is 1. The van der Waals surface area contributed by atoms with Crippen molar-refractivity contribution < 1.29 is 41.0 Å². The number of halogens is 3. The van der Waals surface area contributed by atoms with Crippen LogP contribution in [0.5, 0.6) is 11.6 Å². The molecule has 13 heteroatoms. The molecule has 9 nitrogen and oxygen atoms in total. The zero-order valence-electron chi connectivity index (χ0n) is 21.4. The third-order valence-electron chi connectivity index (χ3n) is 5.46. The number of benzene rings is 2. The van der Waals surface area contributed by atoms with Gasteiger partial charge >= 0.3 is 12.1 Å². The fraction of sp³-hybridized carbons (Fsp3) is 0.269. The fourth-order valence-electron chi connectivity index (χ4n) is 3.62. The summed E-state index contributed by atoms with van der Waals surface area (Å²) in [4.78, 5) is 30.4. The molecule has 0 atom stereocenters. The molecule has 3 rings (SSSR count). The van der Waals surface area contributed by atoms with Crippen molar-refractivity contribution in [3.05, 3.63) is 82.5 Å². The van der Waals surface area contributed by atoms with Crippen LogP contribution in [0, 0.1) is 6.92 Å². The summed E-state index contributed by atoms with van der Waals surface area (Å²) in [5.41, 5.74) is -0.429. The smallest absolute Gasteiger partial charge is 0.421 e. The maximum atomic E-state index is 13.7. The maximum absolute atomic E-state index is 13.7. The van der Waals surface area contributed by atoms with Crippen LogP contribution < -0.4 is 14.4 Å². The van der Waals surface area contributed by atoms with Crippen molar-refractivity contribution >= 4 is 27.6 Å². The Labute approximate surface area is 223 Å². The summed E-state index contributed by atoms with van der Waals surface area (Å²) >= 11 is 0. The summed E-state index contributed by atoms with van der Waals surface area (Å²) in [6, 6.07) is 10.5. The number of pyridine rings is 1. The van der Waals surface area contributed by atoms with Crippen LogP contribution in [-0.2, 0) is 22.7 Å². The number of hydrogen-bond acceptors (Lipinski definition) is 6. The van der Waals surface area contributed by atoms with E-state index in [1.165, 1.54) is 17.0 Å². The Morgan fingerprint density at radius 3 is 2.28 bits per heavy atom. The quantitative estimate of drug-likeness (QED) is 0.374. The monoisotopic (exact) mass is 565 g/mol. The van der Waals surface area contributed by atoms with E-state index in [0.29, 0.717) is 11.6 Å². The number of nitrogens with zero attached hydrogens (tertiary/aromatic N) is 2. The molecule has 1 amide bonds. The number of aromatic carboxylic acids is 1. The lowest BCUT2D eigenvalue weighted by atomic mass is 10.1. The predicted molar refractivity (Wildman–Crippen MR) is 138 cm³/mol. The summed E-state index contributed by atoms with van der Waals surface area (Å²) in [6.07, 6.45) is -3.04. The summed E-state index contributed by atoms with van der Waals surface area (Å²) < 4.78 is 71.2. The number of carbonyl (C=O) groups excluding carboxylic acids is 1. The number of rotatable bonds is 9. The van der Waals surface area contributed by atoms with Gasteiger partial charge < -0.3 is 14.7 Å². The van der Waals surface area contributed by atoms with Crippen molar-refractivity contribution in [2.75, 3.05) is 11.2 Å². The minimum absolute atomic E-state index is 0.0293. The second kappa shape index (κ2) is 11.4. The summed E-state index contributed by atoms with van der Waals surface area (Å²) in [5.74, 6) is -3.00. The van der Waals surface area contributed by atoms with Crippen molar-refractivity contribution in [3.8, 4) is 11.6 Å². The number of ether oxygens (including phenoxy) is 1. The molecule has 0 aliphatic rings. The number of nitrogens with one attached hydrogen (secondary N) is 1. The molecule has 0 aliphatic heterocycles. The number of carboxylic acid groups (broad SMARTS) is 1. The Bertz CT molecular complexity index is 1490. The van der Waals surface area contributed by atoms with Gasteiger partial charge in [-0.05, 0) is 62.7 Å². The molecule has 2 aromatic carbocycles. The van der Waals surface area contributed by atoms with E-state index in [1.807, 2.05) is 6.92 Å². The molecule has 0 fully saturated rings. The summed E-state index contributed by atoms with van der Waals surface area (Å²) in [7, 11) is -3.66. The number of anilines is 1. The van der Waals surface area contributed by atoms with Crippen LogP contribution in [0.2, 0.25) is 0 Å². The first-order valence-corrected chi connectivity index (χ1v) is 13.4. The standard InChI is InChI=1S/C26H26F3N3O6S/c1-15(2)32(24(33)18-7-5-16(3)6-8-18)22-10-9-19(12-20(22)25(34)35)38-23-21(26(27,28)29)11-17(13-30-23)14-31-39(4,36)37/h5-13,15,31H,14H2,1-4H3,(H,34,35). The van der Waals surface area contributed by atoms with Gasteiger partial charge in [-0.3, -0.25) is 4.79 Å². The van der Waals surface area contributed by atoms with E-state index in [2.05, 4.69) is 9.71 Å². The van der Waals surface area contributed by atoms with Crippen LogP contribution >= 0.6 is 0 Å². The summed E-state index contributed by atoms with van der Waals surface area (Å²) in [6.45, 7) is 4.83. The first-order chi connectivity index (χ1) is 18.1. The normalized spacial score (nSPS) is 11.9. The van der Waals surface area contributed by atoms with E-state index >= 15 is 0 Å². The average molecular weight is 566 g/mol. The van der Waals surface area contributed by atoms with Crippen LogP contribution in [0.4, 0.5) is 18.9 Å². The Balaban J connectivity index is 2.00. The van der Waals surface area contributed by atoms with Crippen LogP contribution in [0.15, 0.2) is 54.7 Å². The molecule has 0 saturated heterocycles. The molecule has 1 aromatic heterocycles. The van der Waals surface area contributed by atoms with Crippen molar-refractivity contribution in [1.82, 2.24) is 9.71 Å². The van der Waals surface area contributed by atoms with Crippen molar-refractivity contribution in [2.24, 2.45) is 0 Å². The molecule has 1 heterocycles. The molecule has 0 saturated carbocycles. The van der Waals surface area contributed by atoms with Gasteiger partial charge in [-0.15, -0.1) is 0 Å². The largest absolute Gasteiger partial charge is 0.478 e. The molecule has 39 heavy (non-hydrogen) atoms. The highest BCUT2D eigenvalue weighted by molar-refractivity contribution is 7.88. The Kier molecular flexibility index (Phi) is 8.66. The Morgan fingerprint density at radius 1 is 1.10 bits per heavy atom. The zero-order valence-corrected chi connectivity index (χ0v) is 22.2. The number of carboxylic acids is 1. The van der Waals surface area contributed by atoms with Crippen molar-refractivity contribution in [1.29, 1.82) is 0 Å². The predicted octanol–water partition coefficient (Wildman–Crippen LogP) is 5.00. The van der Waals surface area contributed by atoms with Gasteiger partial charge in [-0.1, -0.05) is 17.7 Å². The number of amides is 1. The van der Waals surface area contributed by atoms with Crippen LogP contribution in [-0.4, -0.2) is 42.7 Å². The lowest BCUT2D eigenvalue weighted by Crippen LogP contribution is -2.38. The second-order valence-corrected chi connectivity index (χ2v) is 10.8. The van der Waals surface area contributed by atoms with Gasteiger partial charge in [0.25, 0.3) is 5.91 Å². The van der Waals surface area contributed by atoms with Gasteiger partial charge in [0.1, 0.15) is 11.3 Å². The van der Waals surface area contributed by atoms with E-state index in [1.54, 1.807) is 38.1 Å². The molecule has 2 N–H and O–H groups in total. The van der Waals surface area contributed by atoms with Gasteiger partial charge in [0.2, 0.25) is 15.9 Å². The van der Waals surface area contributed by atoms with Crippen molar-refractivity contribution in [3.63, 3.8) is 0 Å². The van der Waals surface area contributed by atoms with Crippen LogP contribution in [0.3, 0.4) is 0 Å². The lowest BCUT2D eigenvalue weighted by Gasteiger charge is -2.28.